The lowest BCUT2D eigenvalue weighted by molar-refractivity contribution is 0.475. The van der Waals surface area contributed by atoms with E-state index in [-0.39, 0.29) is 0 Å². The molecule has 0 atom stereocenters. The SMILES string of the molecule is CCCCC(=C(c1ccc(O)cc1)c1ccc(O)cc1)C1CCCC1. The number of hydrogen-bond donors (Lipinski definition) is 2. The van der Waals surface area contributed by atoms with Crippen molar-refractivity contribution in [3.8, 4) is 11.5 Å². The lowest BCUT2D eigenvalue weighted by atomic mass is 9.83. The minimum atomic E-state index is 0.296. The van der Waals surface area contributed by atoms with Crippen molar-refractivity contribution >= 4 is 5.57 Å². The summed E-state index contributed by atoms with van der Waals surface area (Å²) >= 11 is 0. The van der Waals surface area contributed by atoms with Crippen LogP contribution in [-0.2, 0) is 0 Å². The van der Waals surface area contributed by atoms with Crippen molar-refractivity contribution in [2.75, 3.05) is 0 Å². The van der Waals surface area contributed by atoms with Crippen molar-refractivity contribution in [2.45, 2.75) is 51.9 Å². The first kappa shape index (κ1) is 17.6. The molecule has 2 aromatic carbocycles. The topological polar surface area (TPSA) is 40.5 Å². The third-order valence-electron chi connectivity index (χ3n) is 5.28. The van der Waals surface area contributed by atoms with E-state index in [4.69, 9.17) is 0 Å². The molecular formula is C23H28O2. The summed E-state index contributed by atoms with van der Waals surface area (Å²) in [4.78, 5) is 0. The van der Waals surface area contributed by atoms with Crippen LogP contribution >= 0.6 is 0 Å². The van der Waals surface area contributed by atoms with E-state index in [0.717, 1.165) is 17.5 Å². The molecule has 0 unspecified atom stereocenters. The fourth-order valence-corrected chi connectivity index (χ4v) is 3.97. The van der Waals surface area contributed by atoms with E-state index >= 15 is 0 Å². The van der Waals surface area contributed by atoms with Crippen LogP contribution in [0, 0.1) is 5.92 Å². The molecule has 1 aliphatic carbocycles. The minimum Gasteiger partial charge on any atom is -0.508 e. The van der Waals surface area contributed by atoms with Gasteiger partial charge >= 0.3 is 0 Å². The number of phenolic OH excluding ortho intramolecular Hbond substituents is 2. The Hall–Kier alpha value is -2.22. The summed E-state index contributed by atoms with van der Waals surface area (Å²) in [6.45, 7) is 2.24. The number of rotatable bonds is 6. The largest absolute Gasteiger partial charge is 0.508 e. The quantitative estimate of drug-likeness (QED) is 0.651. The molecule has 2 nitrogen and oxygen atoms in total. The Morgan fingerprint density at radius 1 is 0.840 bits per heavy atom. The molecule has 2 N–H and O–H groups in total. The monoisotopic (exact) mass is 336 g/mol. The smallest absolute Gasteiger partial charge is 0.115 e. The van der Waals surface area contributed by atoms with Gasteiger partial charge in [-0.15, -0.1) is 0 Å². The van der Waals surface area contributed by atoms with Gasteiger partial charge in [0.05, 0.1) is 0 Å². The first-order valence-corrected chi connectivity index (χ1v) is 9.51. The van der Waals surface area contributed by atoms with E-state index in [1.54, 1.807) is 29.8 Å². The van der Waals surface area contributed by atoms with Gasteiger partial charge in [0, 0.05) is 0 Å². The Kier molecular flexibility index (Phi) is 5.80. The van der Waals surface area contributed by atoms with Crippen LogP contribution in [0.1, 0.15) is 63.0 Å². The number of unbranched alkanes of at least 4 members (excludes halogenated alkanes) is 1. The molecule has 0 radical (unpaired) electrons. The van der Waals surface area contributed by atoms with Gasteiger partial charge in [-0.3, -0.25) is 0 Å². The summed E-state index contributed by atoms with van der Waals surface area (Å²) in [5, 5.41) is 19.4. The molecule has 3 rings (SSSR count). The lowest BCUT2D eigenvalue weighted by Gasteiger charge is -2.22. The molecule has 0 heterocycles. The average molecular weight is 336 g/mol. The molecule has 132 valence electrons. The summed E-state index contributed by atoms with van der Waals surface area (Å²) in [6.07, 6.45) is 8.70. The van der Waals surface area contributed by atoms with Gasteiger partial charge < -0.3 is 10.2 Å². The summed E-state index contributed by atoms with van der Waals surface area (Å²) in [7, 11) is 0. The second-order valence-corrected chi connectivity index (χ2v) is 7.08. The van der Waals surface area contributed by atoms with Gasteiger partial charge in [0.2, 0.25) is 0 Å². The predicted octanol–water partition coefficient (Wildman–Crippen LogP) is 6.28. The van der Waals surface area contributed by atoms with Crippen LogP contribution in [0.3, 0.4) is 0 Å². The highest BCUT2D eigenvalue weighted by Crippen LogP contribution is 2.41. The zero-order valence-electron chi connectivity index (χ0n) is 15.0. The van der Waals surface area contributed by atoms with Crippen LogP contribution < -0.4 is 0 Å². The maximum absolute atomic E-state index is 9.69. The summed E-state index contributed by atoms with van der Waals surface area (Å²) in [6, 6.07) is 15.1. The van der Waals surface area contributed by atoms with Crippen LogP contribution in [0.4, 0.5) is 0 Å². The zero-order valence-corrected chi connectivity index (χ0v) is 15.0. The maximum atomic E-state index is 9.69. The van der Waals surface area contributed by atoms with Crippen LogP contribution in [0.5, 0.6) is 11.5 Å². The molecule has 2 heteroatoms. The predicted molar refractivity (Wildman–Crippen MR) is 104 cm³/mol. The Balaban J connectivity index is 2.14. The molecular weight excluding hydrogens is 308 g/mol. The van der Waals surface area contributed by atoms with Crippen LogP contribution in [0.25, 0.3) is 5.57 Å². The van der Waals surface area contributed by atoms with Gasteiger partial charge in [-0.2, -0.15) is 0 Å². The van der Waals surface area contributed by atoms with Crippen LogP contribution in [0.2, 0.25) is 0 Å². The highest BCUT2D eigenvalue weighted by Gasteiger charge is 2.23. The number of hydrogen-bond acceptors (Lipinski definition) is 2. The van der Waals surface area contributed by atoms with Gasteiger partial charge in [-0.25, -0.2) is 0 Å². The Morgan fingerprint density at radius 2 is 1.32 bits per heavy atom. The van der Waals surface area contributed by atoms with E-state index in [1.165, 1.54) is 44.1 Å². The van der Waals surface area contributed by atoms with Crippen LogP contribution in [0.15, 0.2) is 54.1 Å². The minimum absolute atomic E-state index is 0.296. The van der Waals surface area contributed by atoms with E-state index in [1.807, 2.05) is 24.3 Å². The molecule has 0 aromatic heterocycles. The molecule has 2 aromatic rings. The van der Waals surface area contributed by atoms with E-state index in [2.05, 4.69) is 6.92 Å². The highest BCUT2D eigenvalue weighted by molar-refractivity contribution is 5.82. The summed E-state index contributed by atoms with van der Waals surface area (Å²) in [5.41, 5.74) is 5.15. The van der Waals surface area contributed by atoms with Crippen molar-refractivity contribution in [3.63, 3.8) is 0 Å². The second-order valence-electron chi connectivity index (χ2n) is 7.08. The fourth-order valence-electron chi connectivity index (χ4n) is 3.97. The van der Waals surface area contributed by atoms with E-state index < -0.39 is 0 Å². The van der Waals surface area contributed by atoms with Crippen molar-refractivity contribution in [3.05, 3.63) is 65.2 Å². The number of benzene rings is 2. The molecule has 1 saturated carbocycles. The first-order chi connectivity index (χ1) is 12.2. The molecule has 0 amide bonds. The Bertz CT molecular complexity index is 657. The lowest BCUT2D eigenvalue weighted by Crippen LogP contribution is -2.05. The van der Waals surface area contributed by atoms with Crippen molar-refractivity contribution in [1.82, 2.24) is 0 Å². The number of aromatic hydroxyl groups is 2. The van der Waals surface area contributed by atoms with Gasteiger partial charge in [-0.1, -0.05) is 56.0 Å². The average Bonchev–Trinajstić information content (AvgIpc) is 3.15. The number of phenols is 2. The molecule has 1 aliphatic rings. The highest BCUT2D eigenvalue weighted by atomic mass is 16.3. The molecule has 0 aliphatic heterocycles. The molecule has 25 heavy (non-hydrogen) atoms. The Morgan fingerprint density at radius 3 is 1.76 bits per heavy atom. The van der Waals surface area contributed by atoms with Gasteiger partial charge in [0.1, 0.15) is 11.5 Å². The van der Waals surface area contributed by atoms with E-state index in [9.17, 15) is 10.2 Å². The van der Waals surface area contributed by atoms with Crippen molar-refractivity contribution in [2.24, 2.45) is 5.92 Å². The maximum Gasteiger partial charge on any atom is 0.115 e. The third kappa shape index (κ3) is 4.25. The summed E-state index contributed by atoms with van der Waals surface area (Å²) < 4.78 is 0. The van der Waals surface area contributed by atoms with Gasteiger partial charge in [-0.05, 0) is 72.6 Å². The summed E-state index contributed by atoms with van der Waals surface area (Å²) in [5.74, 6) is 1.25. The van der Waals surface area contributed by atoms with Crippen molar-refractivity contribution < 1.29 is 10.2 Å². The van der Waals surface area contributed by atoms with E-state index in [0.29, 0.717) is 17.4 Å². The standard InChI is InChI=1S/C23H28O2/c1-2-3-8-22(17-6-4-5-7-17)23(18-9-13-20(24)14-10-18)19-11-15-21(25)16-12-19/h9-17,24-25H,2-8H2,1H3. The first-order valence-electron chi connectivity index (χ1n) is 9.51. The second kappa shape index (κ2) is 8.24. The molecule has 0 spiro atoms. The Labute approximate surface area is 150 Å². The fraction of sp³-hybridized carbons (Fsp3) is 0.391. The zero-order chi connectivity index (χ0) is 17.6. The van der Waals surface area contributed by atoms with Crippen LogP contribution in [-0.4, -0.2) is 10.2 Å². The van der Waals surface area contributed by atoms with Gasteiger partial charge in [0.25, 0.3) is 0 Å². The molecule has 1 fully saturated rings. The van der Waals surface area contributed by atoms with Crippen molar-refractivity contribution in [1.29, 1.82) is 0 Å². The van der Waals surface area contributed by atoms with Gasteiger partial charge in [0.15, 0.2) is 0 Å². The molecule has 0 saturated heterocycles. The third-order valence-corrected chi connectivity index (χ3v) is 5.28. The molecule has 0 bridgehead atoms. The normalized spacial score (nSPS) is 14.6. The number of allylic oxidation sites excluding steroid dienone is 1.